The number of hydrogen-bond donors (Lipinski definition) is 2. The second-order valence-electron chi connectivity index (χ2n) is 6.94. The number of aromatic nitrogens is 1. The lowest BCUT2D eigenvalue weighted by Gasteiger charge is -2.15. The van der Waals surface area contributed by atoms with Gasteiger partial charge in [0, 0.05) is 23.6 Å². The Balaban J connectivity index is 1.84. The van der Waals surface area contributed by atoms with Gasteiger partial charge >= 0.3 is 0 Å². The largest absolute Gasteiger partial charge is 0.490 e. The second kappa shape index (κ2) is 11.5. The Hall–Kier alpha value is -3.87. The first kappa shape index (κ1) is 22.8. The second-order valence-corrected chi connectivity index (χ2v) is 6.94. The van der Waals surface area contributed by atoms with E-state index in [9.17, 15) is 4.79 Å². The number of para-hydroxylation sites is 1. The molecule has 0 atom stereocenters. The molecule has 7 nitrogen and oxygen atoms in total. The molecule has 2 aromatic carbocycles. The van der Waals surface area contributed by atoms with E-state index in [0.717, 1.165) is 16.8 Å². The third kappa shape index (κ3) is 6.31. The molecule has 0 saturated carbocycles. The highest BCUT2D eigenvalue weighted by Crippen LogP contribution is 2.28. The van der Waals surface area contributed by atoms with Crippen LogP contribution < -0.4 is 20.1 Å². The van der Waals surface area contributed by atoms with Gasteiger partial charge in [-0.15, -0.1) is 0 Å². The van der Waals surface area contributed by atoms with Gasteiger partial charge in [-0.05, 0) is 68.3 Å². The molecule has 0 aliphatic rings. The van der Waals surface area contributed by atoms with Gasteiger partial charge in [0.25, 0.3) is 5.91 Å². The van der Waals surface area contributed by atoms with Crippen molar-refractivity contribution in [3.63, 3.8) is 0 Å². The van der Waals surface area contributed by atoms with Crippen LogP contribution in [0.5, 0.6) is 11.5 Å². The molecule has 0 unspecified atom stereocenters. The molecule has 0 aliphatic carbocycles. The average molecular weight is 433 g/mol. The maximum Gasteiger partial charge on any atom is 0.258 e. The molecule has 0 saturated heterocycles. The van der Waals surface area contributed by atoms with Crippen LogP contribution in [0.1, 0.15) is 35.3 Å². The van der Waals surface area contributed by atoms with Crippen molar-refractivity contribution in [1.29, 1.82) is 0 Å². The van der Waals surface area contributed by atoms with Gasteiger partial charge in [0.15, 0.2) is 11.5 Å². The van der Waals surface area contributed by atoms with Crippen molar-refractivity contribution in [1.82, 2.24) is 10.3 Å². The quantitative estimate of drug-likeness (QED) is 0.402. The normalized spacial score (nSPS) is 11.0. The van der Waals surface area contributed by atoms with Crippen molar-refractivity contribution in [2.75, 3.05) is 18.5 Å². The molecule has 1 aromatic heterocycles. The van der Waals surface area contributed by atoms with Crippen LogP contribution in [-0.4, -0.2) is 30.1 Å². The van der Waals surface area contributed by atoms with Gasteiger partial charge in [-0.25, -0.2) is 4.99 Å². The molecular formula is C25H28N4O3. The number of aryl methyl sites for hydroxylation is 1. The van der Waals surface area contributed by atoms with E-state index >= 15 is 0 Å². The monoisotopic (exact) mass is 432 g/mol. The number of nitrogens with one attached hydrogen (secondary N) is 2. The molecule has 1 amide bonds. The molecule has 3 rings (SSSR count). The molecule has 32 heavy (non-hydrogen) atoms. The third-order valence-corrected chi connectivity index (χ3v) is 4.60. The molecule has 0 spiro atoms. The molecule has 7 heteroatoms. The van der Waals surface area contributed by atoms with E-state index in [4.69, 9.17) is 9.47 Å². The van der Waals surface area contributed by atoms with Gasteiger partial charge < -0.3 is 14.8 Å². The fourth-order valence-electron chi connectivity index (χ4n) is 2.98. The zero-order valence-corrected chi connectivity index (χ0v) is 18.6. The van der Waals surface area contributed by atoms with Crippen molar-refractivity contribution in [2.24, 2.45) is 4.99 Å². The average Bonchev–Trinajstić information content (AvgIpc) is 2.81. The first-order valence-electron chi connectivity index (χ1n) is 10.6. The zero-order valence-electron chi connectivity index (χ0n) is 18.6. The van der Waals surface area contributed by atoms with Crippen LogP contribution in [-0.2, 0) is 6.54 Å². The smallest absolute Gasteiger partial charge is 0.258 e. The molecule has 166 valence electrons. The zero-order chi connectivity index (χ0) is 22.8. The first-order valence-corrected chi connectivity index (χ1v) is 10.6. The molecule has 0 aliphatic heterocycles. The Morgan fingerprint density at radius 2 is 1.69 bits per heavy atom. The lowest BCUT2D eigenvalue weighted by molar-refractivity contribution is 0.0976. The molecule has 0 fully saturated rings. The molecule has 1 heterocycles. The van der Waals surface area contributed by atoms with Crippen molar-refractivity contribution in [3.8, 4) is 11.5 Å². The molecular weight excluding hydrogens is 404 g/mol. The number of benzene rings is 2. The van der Waals surface area contributed by atoms with Gasteiger partial charge in [-0.3, -0.25) is 15.1 Å². The summed E-state index contributed by atoms with van der Waals surface area (Å²) in [5.41, 5.74) is 3.33. The minimum atomic E-state index is -0.302. The minimum absolute atomic E-state index is 0.302. The summed E-state index contributed by atoms with van der Waals surface area (Å²) in [5, 5.41) is 6.12. The highest BCUT2D eigenvalue weighted by Gasteiger charge is 2.14. The summed E-state index contributed by atoms with van der Waals surface area (Å²) in [4.78, 5) is 21.6. The summed E-state index contributed by atoms with van der Waals surface area (Å²) in [5.74, 6) is 1.19. The number of carbonyl (C=O) groups is 1. The van der Waals surface area contributed by atoms with Crippen LogP contribution in [0, 0.1) is 6.92 Å². The molecule has 3 aromatic rings. The lowest BCUT2D eigenvalue weighted by atomic mass is 10.2. The SMILES string of the molecule is CCOc1ccc(C(=O)NC(=NCc2ccncc2)Nc2ccccc2C)cc1OCC. The summed E-state index contributed by atoms with van der Waals surface area (Å²) in [7, 11) is 0. The van der Waals surface area contributed by atoms with Crippen LogP contribution in [0.25, 0.3) is 0 Å². The van der Waals surface area contributed by atoms with Gasteiger partial charge in [-0.2, -0.15) is 0 Å². The maximum atomic E-state index is 13.0. The van der Waals surface area contributed by atoms with Crippen LogP contribution in [0.15, 0.2) is 72.0 Å². The molecule has 0 bridgehead atoms. The fraction of sp³-hybridized carbons (Fsp3) is 0.240. The van der Waals surface area contributed by atoms with Crippen molar-refractivity contribution in [3.05, 3.63) is 83.7 Å². The molecule has 0 radical (unpaired) electrons. The Kier molecular flexibility index (Phi) is 8.20. The highest BCUT2D eigenvalue weighted by atomic mass is 16.5. The van der Waals surface area contributed by atoms with Crippen molar-refractivity contribution in [2.45, 2.75) is 27.3 Å². The maximum absolute atomic E-state index is 13.0. The van der Waals surface area contributed by atoms with Crippen LogP contribution in [0.2, 0.25) is 0 Å². The first-order chi connectivity index (χ1) is 15.6. The number of ether oxygens (including phenoxy) is 2. The van der Waals surface area contributed by atoms with Crippen molar-refractivity contribution >= 4 is 17.6 Å². The Morgan fingerprint density at radius 3 is 2.41 bits per heavy atom. The van der Waals surface area contributed by atoms with Gasteiger partial charge in [0.1, 0.15) is 0 Å². The summed E-state index contributed by atoms with van der Waals surface area (Å²) >= 11 is 0. The number of nitrogens with zero attached hydrogens (tertiary/aromatic N) is 2. The number of amides is 1. The van der Waals surface area contributed by atoms with Gasteiger partial charge in [0.05, 0.1) is 19.8 Å². The van der Waals surface area contributed by atoms with E-state index in [2.05, 4.69) is 20.6 Å². The van der Waals surface area contributed by atoms with E-state index in [0.29, 0.717) is 42.8 Å². The number of carbonyl (C=O) groups excluding carboxylic acids is 1. The predicted octanol–water partition coefficient (Wildman–Crippen LogP) is 4.59. The lowest BCUT2D eigenvalue weighted by Crippen LogP contribution is -2.36. The van der Waals surface area contributed by atoms with Gasteiger partial charge in [-0.1, -0.05) is 18.2 Å². The molecule has 2 N–H and O–H groups in total. The summed E-state index contributed by atoms with van der Waals surface area (Å²) in [6.45, 7) is 7.16. The van der Waals surface area contributed by atoms with E-state index in [1.807, 2.05) is 57.2 Å². The number of aliphatic imine (C=N–C) groups is 1. The predicted molar refractivity (Wildman–Crippen MR) is 126 cm³/mol. The van der Waals surface area contributed by atoms with E-state index < -0.39 is 0 Å². The Morgan fingerprint density at radius 1 is 0.969 bits per heavy atom. The number of hydrogen-bond acceptors (Lipinski definition) is 5. The standard InChI is InChI=1S/C25H28N4O3/c1-4-31-22-11-10-20(16-23(22)32-5-2)24(30)29-25(27-17-19-12-14-26-15-13-19)28-21-9-7-6-8-18(21)3/h6-16H,4-5,17H2,1-3H3,(H2,27,28,29,30). The van der Waals surface area contributed by atoms with E-state index in [-0.39, 0.29) is 5.91 Å². The van der Waals surface area contributed by atoms with E-state index in [1.54, 1.807) is 30.6 Å². The van der Waals surface area contributed by atoms with Gasteiger partial charge in [0.2, 0.25) is 5.96 Å². The summed E-state index contributed by atoms with van der Waals surface area (Å²) in [6, 6.07) is 16.7. The highest BCUT2D eigenvalue weighted by molar-refractivity contribution is 6.10. The van der Waals surface area contributed by atoms with Crippen LogP contribution in [0.3, 0.4) is 0 Å². The van der Waals surface area contributed by atoms with E-state index in [1.165, 1.54) is 0 Å². The topological polar surface area (TPSA) is 84.8 Å². The number of anilines is 1. The third-order valence-electron chi connectivity index (χ3n) is 4.60. The summed E-state index contributed by atoms with van der Waals surface area (Å²) < 4.78 is 11.2. The minimum Gasteiger partial charge on any atom is -0.490 e. The fourth-order valence-corrected chi connectivity index (χ4v) is 2.98. The Bertz CT molecular complexity index is 1070. The number of rotatable bonds is 8. The van der Waals surface area contributed by atoms with Crippen molar-refractivity contribution < 1.29 is 14.3 Å². The van der Waals surface area contributed by atoms with Crippen LogP contribution >= 0.6 is 0 Å². The Labute approximate surface area is 188 Å². The summed E-state index contributed by atoms with van der Waals surface area (Å²) in [6.07, 6.45) is 3.43. The number of guanidine groups is 1. The van der Waals surface area contributed by atoms with Crippen LogP contribution in [0.4, 0.5) is 5.69 Å². The number of pyridine rings is 1.